The van der Waals surface area contributed by atoms with Crippen LogP contribution in [-0.2, 0) is 12.7 Å². The van der Waals surface area contributed by atoms with Gasteiger partial charge in [-0.15, -0.1) is 0 Å². The number of carbonyl (C=O) groups is 1. The van der Waals surface area contributed by atoms with Crippen molar-refractivity contribution in [2.45, 2.75) is 12.7 Å². The van der Waals surface area contributed by atoms with Crippen molar-refractivity contribution in [3.05, 3.63) is 59.2 Å². The van der Waals surface area contributed by atoms with Crippen LogP contribution >= 0.6 is 0 Å². The molecule has 1 fully saturated rings. The molecule has 1 aliphatic rings. The van der Waals surface area contributed by atoms with Gasteiger partial charge in [-0.2, -0.15) is 13.2 Å². The summed E-state index contributed by atoms with van der Waals surface area (Å²) in [5.74, 6) is 0.691. The minimum atomic E-state index is -4.36. The number of benzene rings is 2. The van der Waals surface area contributed by atoms with E-state index in [0.717, 1.165) is 11.0 Å². The summed E-state index contributed by atoms with van der Waals surface area (Å²) in [5, 5.41) is 0. The number of nitrogens with one attached hydrogen (secondary N) is 1. The third-order valence-corrected chi connectivity index (χ3v) is 5.15. The molecule has 2 aromatic carbocycles. The number of hydrogen-bond acceptors (Lipinski definition) is 3. The van der Waals surface area contributed by atoms with Gasteiger partial charge in [-0.05, 0) is 18.2 Å². The first kappa shape index (κ1) is 21.0. The first-order chi connectivity index (χ1) is 13.8. The second-order valence-corrected chi connectivity index (χ2v) is 6.91. The Labute approximate surface area is 167 Å². The van der Waals surface area contributed by atoms with Crippen molar-refractivity contribution in [1.82, 2.24) is 4.90 Å². The molecular weight excluding hydrogens is 385 g/mol. The summed E-state index contributed by atoms with van der Waals surface area (Å²) < 4.78 is 50.2. The van der Waals surface area contributed by atoms with Gasteiger partial charge < -0.3 is 19.3 Å². The Kier molecular flexibility index (Phi) is 6.32. The van der Waals surface area contributed by atoms with Gasteiger partial charge in [0.05, 0.1) is 51.5 Å². The summed E-state index contributed by atoms with van der Waals surface area (Å²) in [6, 6.07) is 10.8. The zero-order valence-corrected chi connectivity index (χ0v) is 16.4. The van der Waals surface area contributed by atoms with Crippen LogP contribution in [0.25, 0.3) is 0 Å². The molecule has 0 atom stereocenters. The summed E-state index contributed by atoms with van der Waals surface area (Å²) in [7, 11) is 2.99. The molecule has 1 saturated heterocycles. The second-order valence-electron chi connectivity index (χ2n) is 6.91. The quantitative estimate of drug-likeness (QED) is 0.824. The van der Waals surface area contributed by atoms with Crippen molar-refractivity contribution in [3.63, 3.8) is 0 Å². The molecule has 0 bridgehead atoms. The Bertz CT molecular complexity index is 862. The molecule has 0 aromatic heterocycles. The van der Waals surface area contributed by atoms with Crippen LogP contribution in [0.1, 0.15) is 21.5 Å². The van der Waals surface area contributed by atoms with Crippen molar-refractivity contribution in [2.75, 3.05) is 40.4 Å². The molecule has 5 nitrogen and oxygen atoms in total. The highest BCUT2D eigenvalue weighted by atomic mass is 19.4. The van der Waals surface area contributed by atoms with Crippen LogP contribution in [0.3, 0.4) is 0 Å². The summed E-state index contributed by atoms with van der Waals surface area (Å²) in [5.41, 5.74) is 0.106. The first-order valence-electron chi connectivity index (χ1n) is 9.34. The number of ether oxygens (including phenoxy) is 2. The van der Waals surface area contributed by atoms with Gasteiger partial charge in [0.25, 0.3) is 5.91 Å². The Morgan fingerprint density at radius 1 is 1.03 bits per heavy atom. The molecule has 29 heavy (non-hydrogen) atoms. The SMILES string of the molecule is COc1cccc(C(=O)N2CC[NH+](Cc3ccccc3C(F)(F)F)CC2)c1OC. The molecule has 156 valence electrons. The van der Waals surface area contributed by atoms with Crippen LogP contribution in [0.2, 0.25) is 0 Å². The fourth-order valence-corrected chi connectivity index (χ4v) is 3.65. The maximum atomic E-state index is 13.2. The van der Waals surface area contributed by atoms with Gasteiger partial charge in [0.15, 0.2) is 11.5 Å². The average Bonchev–Trinajstić information content (AvgIpc) is 2.72. The number of methoxy groups -OCH3 is 2. The van der Waals surface area contributed by atoms with Gasteiger partial charge in [-0.25, -0.2) is 0 Å². The molecule has 3 rings (SSSR count). The van der Waals surface area contributed by atoms with E-state index in [4.69, 9.17) is 9.47 Å². The Morgan fingerprint density at radius 2 is 1.72 bits per heavy atom. The van der Waals surface area contributed by atoms with E-state index in [1.54, 1.807) is 29.2 Å². The molecule has 1 aliphatic heterocycles. The van der Waals surface area contributed by atoms with Gasteiger partial charge >= 0.3 is 6.18 Å². The molecule has 1 heterocycles. The van der Waals surface area contributed by atoms with E-state index in [1.807, 2.05) is 0 Å². The molecule has 2 aromatic rings. The Balaban J connectivity index is 1.67. The Hall–Kier alpha value is -2.74. The first-order valence-corrected chi connectivity index (χ1v) is 9.34. The minimum Gasteiger partial charge on any atom is -0.493 e. The number of amides is 1. The van der Waals surface area contributed by atoms with E-state index < -0.39 is 11.7 Å². The normalized spacial score (nSPS) is 15.3. The molecule has 8 heteroatoms. The highest BCUT2D eigenvalue weighted by Crippen LogP contribution is 2.32. The predicted octanol–water partition coefficient (Wildman–Crippen LogP) is 2.26. The van der Waals surface area contributed by atoms with Crippen molar-refractivity contribution in [2.24, 2.45) is 0 Å². The number of piperazine rings is 1. The number of halogens is 3. The van der Waals surface area contributed by atoms with Gasteiger partial charge in [-0.1, -0.05) is 24.3 Å². The predicted molar refractivity (Wildman–Crippen MR) is 101 cm³/mol. The van der Waals surface area contributed by atoms with Crippen LogP contribution in [0.15, 0.2) is 42.5 Å². The van der Waals surface area contributed by atoms with Gasteiger partial charge in [0.1, 0.15) is 6.54 Å². The van der Waals surface area contributed by atoms with Crippen molar-refractivity contribution < 1.29 is 32.3 Å². The Morgan fingerprint density at radius 3 is 2.34 bits per heavy atom. The summed E-state index contributed by atoms with van der Waals surface area (Å²) in [4.78, 5) is 15.7. The van der Waals surface area contributed by atoms with E-state index in [0.29, 0.717) is 43.2 Å². The van der Waals surface area contributed by atoms with Gasteiger partial charge in [0, 0.05) is 5.56 Å². The minimum absolute atomic E-state index is 0.171. The molecule has 0 unspecified atom stereocenters. The van der Waals surface area contributed by atoms with Crippen molar-refractivity contribution >= 4 is 5.91 Å². The molecular formula is C21H24F3N2O3+. The number of alkyl halides is 3. The molecule has 1 N–H and O–H groups in total. The largest absolute Gasteiger partial charge is 0.493 e. The van der Waals surface area contributed by atoms with Gasteiger partial charge in [0.2, 0.25) is 0 Å². The van der Waals surface area contributed by atoms with Crippen LogP contribution in [0, 0.1) is 0 Å². The van der Waals surface area contributed by atoms with Crippen LogP contribution in [-0.4, -0.2) is 51.2 Å². The lowest BCUT2D eigenvalue weighted by molar-refractivity contribution is -0.917. The molecule has 1 amide bonds. The fraction of sp³-hybridized carbons (Fsp3) is 0.381. The van der Waals surface area contributed by atoms with E-state index >= 15 is 0 Å². The standard InChI is InChI=1S/C21H23F3N2O3/c1-28-18-9-5-7-16(19(18)29-2)20(27)26-12-10-25(11-13-26)14-15-6-3-4-8-17(15)21(22,23)24/h3-9H,10-14H2,1-2H3/p+1. The fourth-order valence-electron chi connectivity index (χ4n) is 3.65. The maximum absolute atomic E-state index is 13.2. The number of hydrogen-bond donors (Lipinski definition) is 1. The second kappa shape index (κ2) is 8.73. The van der Waals surface area contributed by atoms with Gasteiger partial charge in [-0.3, -0.25) is 4.79 Å². The van der Waals surface area contributed by atoms with Crippen LogP contribution in [0.4, 0.5) is 13.2 Å². The molecule has 0 spiro atoms. The van der Waals surface area contributed by atoms with E-state index in [2.05, 4.69) is 0 Å². The monoisotopic (exact) mass is 409 g/mol. The van der Waals surface area contributed by atoms with Crippen molar-refractivity contribution in [1.29, 1.82) is 0 Å². The maximum Gasteiger partial charge on any atom is 0.416 e. The smallest absolute Gasteiger partial charge is 0.416 e. The lowest BCUT2D eigenvalue weighted by atomic mass is 10.1. The number of carbonyl (C=O) groups excluding carboxylic acids is 1. The van der Waals surface area contributed by atoms with Crippen LogP contribution < -0.4 is 14.4 Å². The summed E-state index contributed by atoms with van der Waals surface area (Å²) >= 11 is 0. The van der Waals surface area contributed by atoms with E-state index in [-0.39, 0.29) is 18.0 Å². The zero-order chi connectivity index (χ0) is 21.0. The summed E-state index contributed by atoms with van der Waals surface area (Å²) in [6.07, 6.45) is -4.36. The summed E-state index contributed by atoms with van der Waals surface area (Å²) in [6.45, 7) is 2.35. The third kappa shape index (κ3) is 4.64. The number of rotatable bonds is 5. The lowest BCUT2D eigenvalue weighted by Crippen LogP contribution is -3.13. The lowest BCUT2D eigenvalue weighted by Gasteiger charge is -2.33. The highest BCUT2D eigenvalue weighted by molar-refractivity contribution is 5.97. The average molecular weight is 409 g/mol. The zero-order valence-electron chi connectivity index (χ0n) is 16.4. The van der Waals surface area contributed by atoms with Crippen LogP contribution in [0.5, 0.6) is 11.5 Å². The highest BCUT2D eigenvalue weighted by Gasteiger charge is 2.34. The molecule has 0 aliphatic carbocycles. The number of nitrogens with zero attached hydrogens (tertiary/aromatic N) is 1. The van der Waals surface area contributed by atoms with Crippen molar-refractivity contribution in [3.8, 4) is 11.5 Å². The number of para-hydroxylation sites is 1. The molecule has 0 radical (unpaired) electrons. The van der Waals surface area contributed by atoms with E-state index in [1.165, 1.54) is 26.4 Å². The number of quaternary nitrogens is 1. The topological polar surface area (TPSA) is 43.2 Å². The molecule has 0 saturated carbocycles. The van der Waals surface area contributed by atoms with E-state index in [9.17, 15) is 18.0 Å². The third-order valence-electron chi connectivity index (χ3n) is 5.15.